The number of rotatable bonds is 13. The molecule has 3 saturated carbocycles. The van der Waals surface area contributed by atoms with Crippen LogP contribution in [0, 0.1) is 46.3 Å². The Morgan fingerprint density at radius 3 is 2.45 bits per heavy atom. The third kappa shape index (κ3) is 6.57. The molecule has 4 aliphatic rings. The number of carbonyl (C=O) groups excluding carboxylic acids is 1. The smallest absolute Gasteiger partial charge is 0.306 e. The van der Waals surface area contributed by atoms with Crippen LogP contribution in [-0.2, 0) is 9.53 Å². The molecular formula is C36H62O2. The van der Waals surface area contributed by atoms with Crippen LogP contribution < -0.4 is 0 Å². The van der Waals surface area contributed by atoms with Gasteiger partial charge in [0, 0.05) is 12.8 Å². The normalized spacial score (nSPS) is 37.2. The van der Waals surface area contributed by atoms with Crippen molar-refractivity contribution in [1.82, 2.24) is 0 Å². The molecule has 8 atom stereocenters. The van der Waals surface area contributed by atoms with Crippen molar-refractivity contribution in [2.24, 2.45) is 46.3 Å². The molecule has 0 aromatic heterocycles. The van der Waals surface area contributed by atoms with Crippen LogP contribution in [0.2, 0.25) is 0 Å². The van der Waals surface area contributed by atoms with E-state index in [-0.39, 0.29) is 12.1 Å². The fourth-order valence-corrected chi connectivity index (χ4v) is 10.0. The maximum Gasteiger partial charge on any atom is 0.306 e. The predicted octanol–water partition coefficient (Wildman–Crippen LogP) is 10.7. The summed E-state index contributed by atoms with van der Waals surface area (Å²) < 4.78 is 6.04. The van der Waals surface area contributed by atoms with Gasteiger partial charge >= 0.3 is 5.97 Å². The van der Waals surface area contributed by atoms with Crippen molar-refractivity contribution in [3.63, 3.8) is 0 Å². The van der Waals surface area contributed by atoms with Gasteiger partial charge in [0.2, 0.25) is 0 Å². The van der Waals surface area contributed by atoms with Gasteiger partial charge < -0.3 is 4.74 Å². The lowest BCUT2D eigenvalue weighted by Gasteiger charge is -2.58. The zero-order valence-electron chi connectivity index (χ0n) is 26.2. The fraction of sp³-hybridized carbons (Fsp3) is 0.917. The van der Waals surface area contributed by atoms with E-state index >= 15 is 0 Å². The Labute approximate surface area is 236 Å². The first-order chi connectivity index (χ1) is 18.2. The van der Waals surface area contributed by atoms with Gasteiger partial charge in [0.15, 0.2) is 0 Å². The van der Waals surface area contributed by atoms with Crippen molar-refractivity contribution in [3.8, 4) is 0 Å². The summed E-state index contributed by atoms with van der Waals surface area (Å²) in [5.74, 6) is 5.34. The molecule has 0 N–H and O–H groups in total. The van der Waals surface area contributed by atoms with Gasteiger partial charge in [0.25, 0.3) is 0 Å². The Morgan fingerprint density at radius 1 is 0.921 bits per heavy atom. The van der Waals surface area contributed by atoms with E-state index < -0.39 is 0 Å². The number of ether oxygens (including phenoxy) is 1. The van der Waals surface area contributed by atoms with E-state index in [1.54, 1.807) is 5.57 Å². The minimum atomic E-state index is 0.0522. The lowest BCUT2D eigenvalue weighted by Crippen LogP contribution is -2.51. The fourth-order valence-electron chi connectivity index (χ4n) is 10.0. The first kappa shape index (κ1) is 30.2. The molecular weight excluding hydrogens is 464 g/mol. The second-order valence-electron chi connectivity index (χ2n) is 15.2. The quantitative estimate of drug-likeness (QED) is 0.135. The summed E-state index contributed by atoms with van der Waals surface area (Å²) in [7, 11) is 0. The van der Waals surface area contributed by atoms with Crippen molar-refractivity contribution in [1.29, 1.82) is 0 Å². The van der Waals surface area contributed by atoms with Gasteiger partial charge in [0.05, 0.1) is 0 Å². The molecule has 0 aromatic rings. The zero-order chi connectivity index (χ0) is 27.3. The van der Waals surface area contributed by atoms with Gasteiger partial charge in [-0.25, -0.2) is 0 Å². The Balaban J connectivity index is 1.31. The van der Waals surface area contributed by atoms with E-state index in [1.165, 1.54) is 89.9 Å². The molecule has 38 heavy (non-hydrogen) atoms. The highest BCUT2D eigenvalue weighted by Crippen LogP contribution is 2.67. The molecule has 3 fully saturated rings. The average Bonchev–Trinajstić information content (AvgIpc) is 3.23. The molecule has 1 unspecified atom stereocenters. The second kappa shape index (κ2) is 13.2. The number of esters is 1. The van der Waals surface area contributed by atoms with Crippen LogP contribution in [-0.4, -0.2) is 12.1 Å². The first-order valence-corrected chi connectivity index (χ1v) is 17.1. The van der Waals surface area contributed by atoms with E-state index in [0.717, 1.165) is 54.8 Å². The van der Waals surface area contributed by atoms with Crippen molar-refractivity contribution in [2.75, 3.05) is 0 Å². The number of allylic oxidation sites excluding steroid dienone is 1. The highest BCUT2D eigenvalue weighted by molar-refractivity contribution is 5.69. The predicted molar refractivity (Wildman–Crippen MR) is 161 cm³/mol. The Morgan fingerprint density at radius 2 is 1.68 bits per heavy atom. The summed E-state index contributed by atoms with van der Waals surface area (Å²) in [4.78, 5) is 12.6. The number of fused-ring (bicyclic) bond motifs is 5. The molecule has 2 nitrogen and oxygen atoms in total. The number of unbranched alkanes of at least 4 members (excludes halogenated alkanes) is 5. The Bertz CT molecular complexity index is 797. The maximum atomic E-state index is 12.6. The van der Waals surface area contributed by atoms with Crippen LogP contribution in [0.4, 0.5) is 0 Å². The summed E-state index contributed by atoms with van der Waals surface area (Å²) in [6, 6.07) is 0. The molecule has 0 amide bonds. The van der Waals surface area contributed by atoms with Crippen LogP contribution in [0.15, 0.2) is 11.6 Å². The molecule has 0 aromatic carbocycles. The molecule has 0 aliphatic heterocycles. The standard InChI is InChI=1S/C36H62O2/c1-7-8-9-10-11-12-16-34(37)38-29-21-23-35(5)28(25-29)17-18-30-32-20-19-31(27(4)15-13-14-26(2)3)36(32,6)24-22-33(30)35/h17,26-27,29-33H,7-16,18-25H2,1-6H3/t27-,29+,30+,31?,32+,33+,35+,36-/m1/s1. The monoisotopic (exact) mass is 526 g/mol. The van der Waals surface area contributed by atoms with Crippen molar-refractivity contribution < 1.29 is 9.53 Å². The van der Waals surface area contributed by atoms with Crippen molar-refractivity contribution in [3.05, 3.63) is 11.6 Å². The van der Waals surface area contributed by atoms with E-state index in [2.05, 4.69) is 47.6 Å². The van der Waals surface area contributed by atoms with E-state index in [9.17, 15) is 4.79 Å². The minimum absolute atomic E-state index is 0.0522. The van der Waals surface area contributed by atoms with E-state index in [1.807, 2.05) is 0 Å². The van der Waals surface area contributed by atoms with Gasteiger partial charge in [-0.2, -0.15) is 0 Å². The minimum Gasteiger partial charge on any atom is -0.462 e. The van der Waals surface area contributed by atoms with Gasteiger partial charge in [-0.15, -0.1) is 0 Å². The molecule has 0 spiro atoms. The first-order valence-electron chi connectivity index (χ1n) is 17.1. The molecule has 4 aliphatic carbocycles. The molecule has 4 rings (SSSR count). The van der Waals surface area contributed by atoms with Crippen LogP contribution >= 0.6 is 0 Å². The third-order valence-corrected chi connectivity index (χ3v) is 12.3. The molecule has 0 heterocycles. The summed E-state index contributed by atoms with van der Waals surface area (Å²) in [6.45, 7) is 14.9. The van der Waals surface area contributed by atoms with Crippen molar-refractivity contribution >= 4 is 5.97 Å². The van der Waals surface area contributed by atoms with E-state index in [4.69, 9.17) is 4.74 Å². The highest BCUT2D eigenvalue weighted by Gasteiger charge is 2.59. The number of carbonyl (C=O) groups is 1. The number of hydrogen-bond donors (Lipinski definition) is 0. The van der Waals surface area contributed by atoms with Crippen LogP contribution in [0.25, 0.3) is 0 Å². The molecule has 0 saturated heterocycles. The SMILES string of the molecule is CCCCCCCCC(=O)O[C@H]1CC[C@@]2(C)C(=CC[C@@H]3[C@@H]2CC[C@]2(C)C([C@H](C)CCCC(C)C)CC[C@@H]32)C1. The molecule has 218 valence electrons. The van der Waals surface area contributed by atoms with Gasteiger partial charge in [-0.3, -0.25) is 4.79 Å². The summed E-state index contributed by atoms with van der Waals surface area (Å²) in [5, 5.41) is 0. The molecule has 0 bridgehead atoms. The topological polar surface area (TPSA) is 26.3 Å². The van der Waals surface area contributed by atoms with Gasteiger partial charge in [-0.1, -0.05) is 105 Å². The van der Waals surface area contributed by atoms with Crippen LogP contribution in [0.5, 0.6) is 0 Å². The summed E-state index contributed by atoms with van der Waals surface area (Å²) >= 11 is 0. The van der Waals surface area contributed by atoms with Crippen LogP contribution in [0.3, 0.4) is 0 Å². The average molecular weight is 527 g/mol. The van der Waals surface area contributed by atoms with Crippen molar-refractivity contribution in [2.45, 2.75) is 163 Å². The van der Waals surface area contributed by atoms with E-state index in [0.29, 0.717) is 17.3 Å². The molecule has 2 heteroatoms. The number of hydrogen-bond acceptors (Lipinski definition) is 2. The van der Waals surface area contributed by atoms with Crippen LogP contribution in [0.1, 0.15) is 157 Å². The summed E-state index contributed by atoms with van der Waals surface area (Å²) in [6.07, 6.45) is 25.3. The molecule has 0 radical (unpaired) electrons. The Hall–Kier alpha value is -0.790. The lowest BCUT2D eigenvalue weighted by atomic mass is 9.47. The maximum absolute atomic E-state index is 12.6. The Kier molecular flexibility index (Phi) is 10.5. The summed E-state index contributed by atoms with van der Waals surface area (Å²) in [5.41, 5.74) is 2.54. The largest absolute Gasteiger partial charge is 0.462 e. The zero-order valence-corrected chi connectivity index (χ0v) is 26.2. The van der Waals surface area contributed by atoms with Gasteiger partial charge in [0.1, 0.15) is 6.10 Å². The van der Waals surface area contributed by atoms with Gasteiger partial charge in [-0.05, 0) is 97.7 Å². The second-order valence-corrected chi connectivity index (χ2v) is 15.2. The third-order valence-electron chi connectivity index (χ3n) is 12.3. The lowest BCUT2D eigenvalue weighted by molar-refractivity contribution is -0.151. The highest BCUT2D eigenvalue weighted by atomic mass is 16.5.